The molecule has 29 heavy (non-hydrogen) atoms. The highest BCUT2D eigenvalue weighted by atomic mass is 16.5. The molecule has 8 nitrogen and oxygen atoms in total. The molecule has 3 heterocycles. The van der Waals surface area contributed by atoms with Crippen LogP contribution >= 0.6 is 0 Å². The van der Waals surface area contributed by atoms with Crippen LogP contribution in [0, 0.1) is 5.92 Å². The van der Waals surface area contributed by atoms with Crippen molar-refractivity contribution in [3.05, 3.63) is 29.7 Å². The third-order valence-electron chi connectivity index (χ3n) is 5.61. The summed E-state index contributed by atoms with van der Waals surface area (Å²) in [4.78, 5) is 43.9. The molecule has 1 aromatic rings. The van der Waals surface area contributed by atoms with Crippen LogP contribution in [0.15, 0.2) is 28.5 Å². The Morgan fingerprint density at radius 3 is 2.52 bits per heavy atom. The van der Waals surface area contributed by atoms with Crippen LogP contribution in [-0.4, -0.2) is 69.4 Å². The summed E-state index contributed by atoms with van der Waals surface area (Å²) in [5.41, 5.74) is 0.571. The van der Waals surface area contributed by atoms with Crippen molar-refractivity contribution in [3.8, 4) is 0 Å². The third kappa shape index (κ3) is 4.06. The molecule has 2 fully saturated rings. The number of piperidine rings is 1. The second-order valence-electron chi connectivity index (χ2n) is 8.52. The lowest BCUT2D eigenvalue weighted by Gasteiger charge is -2.42. The molecule has 0 atom stereocenters. The van der Waals surface area contributed by atoms with E-state index in [1.807, 2.05) is 33.8 Å². The van der Waals surface area contributed by atoms with Crippen LogP contribution in [0.4, 0.5) is 4.79 Å². The van der Waals surface area contributed by atoms with E-state index in [9.17, 15) is 14.4 Å². The summed E-state index contributed by atoms with van der Waals surface area (Å²) >= 11 is 0. The van der Waals surface area contributed by atoms with Gasteiger partial charge in [0.15, 0.2) is 5.69 Å². The van der Waals surface area contributed by atoms with E-state index < -0.39 is 5.54 Å². The van der Waals surface area contributed by atoms with Gasteiger partial charge < -0.3 is 14.3 Å². The van der Waals surface area contributed by atoms with Crippen LogP contribution in [0.5, 0.6) is 0 Å². The van der Waals surface area contributed by atoms with Crippen molar-refractivity contribution in [2.75, 3.05) is 26.2 Å². The van der Waals surface area contributed by atoms with Gasteiger partial charge in [0, 0.05) is 32.2 Å². The average molecular weight is 402 g/mol. The fourth-order valence-electron chi connectivity index (χ4n) is 4.13. The highest BCUT2D eigenvalue weighted by Gasteiger charge is 2.58. The van der Waals surface area contributed by atoms with Crippen molar-refractivity contribution in [2.45, 2.75) is 52.5 Å². The summed E-state index contributed by atoms with van der Waals surface area (Å²) in [6, 6.07) is 1.33. The van der Waals surface area contributed by atoms with Gasteiger partial charge in [0.2, 0.25) is 0 Å². The second kappa shape index (κ2) is 8.39. The maximum absolute atomic E-state index is 13.4. The minimum Gasteiger partial charge on any atom is -0.364 e. The van der Waals surface area contributed by atoms with Gasteiger partial charge in [-0.3, -0.25) is 14.5 Å². The number of hydrogen-bond donors (Lipinski definition) is 0. The summed E-state index contributed by atoms with van der Waals surface area (Å²) < 4.78 is 4.76. The zero-order valence-corrected chi connectivity index (χ0v) is 17.7. The van der Waals surface area contributed by atoms with E-state index in [-0.39, 0.29) is 29.5 Å². The predicted molar refractivity (Wildman–Crippen MR) is 107 cm³/mol. The Morgan fingerprint density at radius 2 is 1.97 bits per heavy atom. The lowest BCUT2D eigenvalue weighted by atomic mass is 9.85. The summed E-state index contributed by atoms with van der Waals surface area (Å²) in [7, 11) is 0. The summed E-state index contributed by atoms with van der Waals surface area (Å²) in [5, 5.41) is 3.71. The maximum Gasteiger partial charge on any atom is 0.327 e. The Bertz CT molecular complexity index is 788. The first kappa shape index (κ1) is 21.1. The molecule has 3 rings (SSSR count). The molecule has 0 aromatic carbocycles. The lowest BCUT2D eigenvalue weighted by molar-refractivity contribution is -0.135. The highest BCUT2D eigenvalue weighted by molar-refractivity contribution is 6.07. The number of aromatic nitrogens is 1. The Kier molecular flexibility index (Phi) is 6.10. The molecule has 8 heteroatoms. The topological polar surface area (TPSA) is 87.0 Å². The fraction of sp³-hybridized carbons (Fsp3) is 0.619. The van der Waals surface area contributed by atoms with Gasteiger partial charge in [-0.05, 0) is 39.0 Å². The van der Waals surface area contributed by atoms with E-state index in [1.54, 1.807) is 9.80 Å². The number of allylic oxidation sites excluding steroid dienone is 1. The van der Waals surface area contributed by atoms with Gasteiger partial charge in [0.25, 0.3) is 11.8 Å². The second-order valence-corrected chi connectivity index (χ2v) is 8.52. The zero-order chi connectivity index (χ0) is 21.2. The molecular weight excluding hydrogens is 372 g/mol. The number of rotatable bonds is 6. The van der Waals surface area contributed by atoms with Crippen molar-refractivity contribution in [1.82, 2.24) is 19.9 Å². The number of amides is 4. The lowest BCUT2D eigenvalue weighted by Crippen LogP contribution is -2.58. The molecule has 2 aliphatic rings. The van der Waals surface area contributed by atoms with E-state index in [0.29, 0.717) is 45.4 Å². The van der Waals surface area contributed by atoms with Crippen molar-refractivity contribution >= 4 is 17.8 Å². The summed E-state index contributed by atoms with van der Waals surface area (Å²) in [6.45, 7) is 9.81. The SMILES string of the molecule is CC(C)=CCCN1C(=O)N(CC(C)C)C2(CCN(C(=O)c3ccon3)CC2)C1=O. The molecule has 1 aromatic heterocycles. The molecule has 0 aliphatic carbocycles. The van der Waals surface area contributed by atoms with Crippen LogP contribution in [0.3, 0.4) is 0 Å². The number of likely N-dealkylation sites (tertiary alicyclic amines) is 1. The van der Waals surface area contributed by atoms with E-state index in [2.05, 4.69) is 5.16 Å². The van der Waals surface area contributed by atoms with Crippen LogP contribution in [0.1, 0.15) is 57.4 Å². The first-order valence-corrected chi connectivity index (χ1v) is 10.2. The maximum atomic E-state index is 13.4. The van der Waals surface area contributed by atoms with E-state index in [1.165, 1.54) is 17.2 Å². The van der Waals surface area contributed by atoms with Gasteiger partial charge >= 0.3 is 6.03 Å². The molecule has 2 aliphatic heterocycles. The quantitative estimate of drug-likeness (QED) is 0.539. The first-order valence-electron chi connectivity index (χ1n) is 10.2. The smallest absolute Gasteiger partial charge is 0.327 e. The largest absolute Gasteiger partial charge is 0.364 e. The molecule has 0 unspecified atom stereocenters. The predicted octanol–water partition coefficient (Wildman–Crippen LogP) is 2.93. The Labute approximate surface area is 171 Å². The number of carbonyl (C=O) groups is 3. The molecule has 4 amide bonds. The van der Waals surface area contributed by atoms with Crippen LogP contribution in [-0.2, 0) is 4.79 Å². The van der Waals surface area contributed by atoms with E-state index >= 15 is 0 Å². The van der Waals surface area contributed by atoms with Gasteiger partial charge in [-0.1, -0.05) is 30.7 Å². The van der Waals surface area contributed by atoms with Crippen molar-refractivity contribution in [2.24, 2.45) is 5.92 Å². The molecule has 0 N–H and O–H groups in total. The van der Waals surface area contributed by atoms with Crippen LogP contribution in [0.2, 0.25) is 0 Å². The Hall–Kier alpha value is -2.64. The minimum absolute atomic E-state index is 0.126. The standard InChI is InChI=1S/C21H30N4O4/c1-15(2)6-5-10-24-19(27)21(25(20(24)28)14-16(3)4)8-11-23(12-9-21)18(26)17-7-13-29-22-17/h6-7,13,16H,5,8-12,14H2,1-4H3. The molecule has 1 spiro atoms. The highest BCUT2D eigenvalue weighted by Crippen LogP contribution is 2.38. The van der Waals surface area contributed by atoms with E-state index in [0.717, 1.165) is 5.57 Å². The third-order valence-corrected chi connectivity index (χ3v) is 5.61. The normalized spacial score (nSPS) is 18.9. The summed E-state index contributed by atoms with van der Waals surface area (Å²) in [6.07, 6.45) is 4.94. The average Bonchev–Trinajstić information content (AvgIpc) is 3.27. The molecule has 0 bridgehead atoms. The van der Waals surface area contributed by atoms with Crippen LogP contribution in [0.25, 0.3) is 0 Å². The molecule has 2 saturated heterocycles. The van der Waals surface area contributed by atoms with Gasteiger partial charge in [-0.25, -0.2) is 4.79 Å². The van der Waals surface area contributed by atoms with Crippen molar-refractivity contribution in [1.29, 1.82) is 0 Å². The monoisotopic (exact) mass is 402 g/mol. The van der Waals surface area contributed by atoms with Gasteiger partial charge in [-0.2, -0.15) is 0 Å². The molecular formula is C21H30N4O4. The molecule has 0 saturated carbocycles. The number of imide groups is 1. The number of hydrogen-bond acceptors (Lipinski definition) is 5. The van der Waals surface area contributed by atoms with E-state index in [4.69, 9.17) is 4.52 Å². The van der Waals surface area contributed by atoms with Crippen molar-refractivity contribution < 1.29 is 18.9 Å². The number of carbonyl (C=O) groups excluding carboxylic acids is 3. The minimum atomic E-state index is -0.854. The summed E-state index contributed by atoms with van der Waals surface area (Å²) in [5.74, 6) is -0.0869. The number of nitrogens with zero attached hydrogens (tertiary/aromatic N) is 4. The van der Waals surface area contributed by atoms with Crippen LogP contribution < -0.4 is 0 Å². The molecule has 158 valence electrons. The molecule has 0 radical (unpaired) electrons. The first-order chi connectivity index (χ1) is 13.8. The van der Waals surface area contributed by atoms with Crippen molar-refractivity contribution in [3.63, 3.8) is 0 Å². The van der Waals surface area contributed by atoms with Gasteiger partial charge in [-0.15, -0.1) is 0 Å². The Morgan fingerprint density at radius 1 is 1.28 bits per heavy atom. The van der Waals surface area contributed by atoms with Gasteiger partial charge in [0.05, 0.1) is 0 Å². The number of urea groups is 1. The fourth-order valence-corrected chi connectivity index (χ4v) is 4.13. The van der Waals surface area contributed by atoms with Gasteiger partial charge in [0.1, 0.15) is 11.8 Å². The zero-order valence-electron chi connectivity index (χ0n) is 17.7. The Balaban J connectivity index is 1.78.